The van der Waals surface area contributed by atoms with Gasteiger partial charge in [-0.15, -0.1) is 0 Å². The number of phenolic OH excluding ortho intramolecular Hbond substituents is 1. The van der Waals surface area contributed by atoms with Crippen molar-refractivity contribution in [3.8, 4) is 5.75 Å². The first-order valence-electron chi connectivity index (χ1n) is 5.26. The van der Waals surface area contributed by atoms with E-state index in [-0.39, 0.29) is 0 Å². The van der Waals surface area contributed by atoms with Crippen LogP contribution in [0.3, 0.4) is 0 Å². The number of hydrogen-bond acceptors (Lipinski definition) is 2. The van der Waals surface area contributed by atoms with Crippen LogP contribution in [0.1, 0.15) is 25.8 Å². The zero-order valence-electron chi connectivity index (χ0n) is 9.03. The second-order valence-electron chi connectivity index (χ2n) is 3.54. The van der Waals surface area contributed by atoms with Crippen LogP contribution in [0, 0.1) is 0 Å². The van der Waals surface area contributed by atoms with E-state index < -0.39 is 0 Å². The van der Waals surface area contributed by atoms with Gasteiger partial charge in [0.15, 0.2) is 0 Å². The molecule has 2 heteroatoms. The first kappa shape index (κ1) is 11.1. The van der Waals surface area contributed by atoms with Crippen LogP contribution in [0.25, 0.3) is 0 Å². The summed E-state index contributed by atoms with van der Waals surface area (Å²) in [6, 6.07) is 7.49. The van der Waals surface area contributed by atoms with Gasteiger partial charge in [0.2, 0.25) is 0 Å². The molecule has 0 aliphatic heterocycles. The van der Waals surface area contributed by atoms with E-state index in [0.717, 1.165) is 19.6 Å². The first-order chi connectivity index (χ1) is 6.76. The highest BCUT2D eigenvalue weighted by molar-refractivity contribution is 5.26. The average molecular weight is 193 g/mol. The Hall–Kier alpha value is -1.02. The summed E-state index contributed by atoms with van der Waals surface area (Å²) in [6.07, 6.45) is 1.17. The van der Waals surface area contributed by atoms with Crippen molar-refractivity contribution in [2.45, 2.75) is 26.8 Å². The lowest BCUT2D eigenvalue weighted by atomic mass is 10.2. The van der Waals surface area contributed by atoms with Gasteiger partial charge in [-0.25, -0.2) is 0 Å². The Bertz CT molecular complexity index is 273. The summed E-state index contributed by atoms with van der Waals surface area (Å²) in [6.45, 7) is 7.46. The second kappa shape index (κ2) is 5.66. The fourth-order valence-corrected chi connectivity index (χ4v) is 1.58. The summed E-state index contributed by atoms with van der Waals surface area (Å²) in [7, 11) is 0. The maximum atomic E-state index is 9.31. The molecule has 1 aromatic rings. The first-order valence-corrected chi connectivity index (χ1v) is 5.26. The van der Waals surface area contributed by atoms with Crippen molar-refractivity contribution in [2.24, 2.45) is 0 Å². The highest BCUT2D eigenvalue weighted by atomic mass is 16.3. The monoisotopic (exact) mass is 193 g/mol. The summed E-state index contributed by atoms with van der Waals surface area (Å²) in [5.41, 5.74) is 1.18. The molecule has 0 fully saturated rings. The molecule has 0 amide bonds. The fourth-order valence-electron chi connectivity index (χ4n) is 1.58. The highest BCUT2D eigenvalue weighted by Crippen LogP contribution is 2.12. The van der Waals surface area contributed by atoms with E-state index in [0.29, 0.717) is 5.75 Å². The van der Waals surface area contributed by atoms with Gasteiger partial charge in [0.05, 0.1) is 0 Å². The molecule has 2 nitrogen and oxygen atoms in total. The zero-order valence-corrected chi connectivity index (χ0v) is 9.03. The normalized spacial score (nSPS) is 10.8. The molecule has 0 atom stereocenters. The van der Waals surface area contributed by atoms with Crippen molar-refractivity contribution in [2.75, 3.05) is 13.1 Å². The van der Waals surface area contributed by atoms with Gasteiger partial charge in [-0.2, -0.15) is 0 Å². The standard InChI is InChI=1S/C12H19NO/c1-3-8-13(4-2)10-11-6-5-7-12(14)9-11/h5-7,9,14H,3-4,8,10H2,1-2H3. The smallest absolute Gasteiger partial charge is 0.115 e. The highest BCUT2D eigenvalue weighted by Gasteiger charge is 2.02. The summed E-state index contributed by atoms with van der Waals surface area (Å²) < 4.78 is 0. The molecule has 0 aromatic heterocycles. The minimum Gasteiger partial charge on any atom is -0.508 e. The third-order valence-electron chi connectivity index (χ3n) is 2.30. The zero-order chi connectivity index (χ0) is 10.4. The predicted molar refractivity (Wildman–Crippen MR) is 59.3 cm³/mol. The van der Waals surface area contributed by atoms with Crippen molar-refractivity contribution >= 4 is 0 Å². The van der Waals surface area contributed by atoms with E-state index in [9.17, 15) is 5.11 Å². The van der Waals surface area contributed by atoms with E-state index in [2.05, 4.69) is 24.8 Å². The van der Waals surface area contributed by atoms with E-state index in [1.807, 2.05) is 12.1 Å². The van der Waals surface area contributed by atoms with Crippen molar-refractivity contribution in [1.29, 1.82) is 0 Å². The van der Waals surface area contributed by atoms with Crippen LogP contribution in [0.4, 0.5) is 0 Å². The van der Waals surface area contributed by atoms with E-state index in [1.165, 1.54) is 12.0 Å². The quantitative estimate of drug-likeness (QED) is 0.777. The molecular weight excluding hydrogens is 174 g/mol. The van der Waals surface area contributed by atoms with Gasteiger partial charge < -0.3 is 5.11 Å². The SMILES string of the molecule is CCCN(CC)Cc1cccc(O)c1. The van der Waals surface area contributed by atoms with Crippen molar-refractivity contribution < 1.29 is 5.11 Å². The fraction of sp³-hybridized carbons (Fsp3) is 0.500. The number of hydrogen-bond donors (Lipinski definition) is 1. The van der Waals surface area contributed by atoms with Gasteiger partial charge in [-0.05, 0) is 37.2 Å². The molecule has 14 heavy (non-hydrogen) atoms. The Morgan fingerprint density at radius 3 is 2.64 bits per heavy atom. The van der Waals surface area contributed by atoms with E-state index >= 15 is 0 Å². The van der Waals surface area contributed by atoms with Gasteiger partial charge in [-0.3, -0.25) is 4.90 Å². The molecule has 0 radical (unpaired) electrons. The molecule has 0 saturated heterocycles. The van der Waals surface area contributed by atoms with Gasteiger partial charge in [0, 0.05) is 6.54 Å². The number of phenols is 1. The molecule has 0 saturated carbocycles. The third kappa shape index (κ3) is 3.38. The third-order valence-corrected chi connectivity index (χ3v) is 2.30. The Morgan fingerprint density at radius 1 is 1.29 bits per heavy atom. The van der Waals surface area contributed by atoms with Crippen LogP contribution in [0.2, 0.25) is 0 Å². The van der Waals surface area contributed by atoms with Gasteiger partial charge in [0.1, 0.15) is 5.75 Å². The minimum atomic E-state index is 0.357. The Labute approximate surface area is 86.2 Å². The lowest BCUT2D eigenvalue weighted by Gasteiger charge is -2.19. The predicted octanol–water partition coefficient (Wildman–Crippen LogP) is 2.62. The van der Waals surface area contributed by atoms with Crippen LogP contribution in [-0.4, -0.2) is 23.1 Å². The molecule has 1 rings (SSSR count). The molecule has 0 aliphatic rings. The largest absolute Gasteiger partial charge is 0.508 e. The Balaban J connectivity index is 2.57. The minimum absolute atomic E-state index is 0.357. The number of nitrogens with zero attached hydrogens (tertiary/aromatic N) is 1. The van der Waals surface area contributed by atoms with Crippen LogP contribution >= 0.6 is 0 Å². The molecule has 1 aromatic carbocycles. The Kier molecular flexibility index (Phi) is 4.47. The molecule has 0 bridgehead atoms. The van der Waals surface area contributed by atoms with Crippen molar-refractivity contribution in [3.63, 3.8) is 0 Å². The average Bonchev–Trinajstić information content (AvgIpc) is 2.17. The van der Waals surface area contributed by atoms with E-state index in [4.69, 9.17) is 0 Å². The molecule has 0 unspecified atom stereocenters. The number of benzene rings is 1. The van der Waals surface area contributed by atoms with Gasteiger partial charge in [-0.1, -0.05) is 26.0 Å². The van der Waals surface area contributed by atoms with Gasteiger partial charge >= 0.3 is 0 Å². The van der Waals surface area contributed by atoms with Crippen molar-refractivity contribution in [3.05, 3.63) is 29.8 Å². The van der Waals surface area contributed by atoms with Crippen LogP contribution < -0.4 is 0 Å². The summed E-state index contributed by atoms with van der Waals surface area (Å²) in [5.74, 6) is 0.357. The molecule has 78 valence electrons. The molecule has 1 N–H and O–H groups in total. The van der Waals surface area contributed by atoms with Crippen molar-refractivity contribution in [1.82, 2.24) is 4.90 Å². The lowest BCUT2D eigenvalue weighted by Crippen LogP contribution is -2.23. The number of aromatic hydroxyl groups is 1. The maximum Gasteiger partial charge on any atom is 0.115 e. The Morgan fingerprint density at radius 2 is 2.07 bits per heavy atom. The summed E-state index contributed by atoms with van der Waals surface area (Å²) >= 11 is 0. The summed E-state index contributed by atoms with van der Waals surface area (Å²) in [4.78, 5) is 2.37. The lowest BCUT2D eigenvalue weighted by molar-refractivity contribution is 0.280. The molecule has 0 spiro atoms. The topological polar surface area (TPSA) is 23.5 Å². The van der Waals surface area contributed by atoms with Crippen LogP contribution in [0.15, 0.2) is 24.3 Å². The molecule has 0 aliphatic carbocycles. The second-order valence-corrected chi connectivity index (χ2v) is 3.54. The molecular formula is C12H19NO. The van der Waals surface area contributed by atoms with Gasteiger partial charge in [0.25, 0.3) is 0 Å². The van der Waals surface area contributed by atoms with E-state index in [1.54, 1.807) is 6.07 Å². The number of rotatable bonds is 5. The summed E-state index contributed by atoms with van der Waals surface area (Å²) in [5, 5.41) is 9.31. The maximum absolute atomic E-state index is 9.31. The van der Waals surface area contributed by atoms with Crippen LogP contribution in [-0.2, 0) is 6.54 Å². The molecule has 0 heterocycles. The van der Waals surface area contributed by atoms with Crippen LogP contribution in [0.5, 0.6) is 5.75 Å².